The van der Waals surface area contributed by atoms with Gasteiger partial charge in [0.2, 0.25) is 10.0 Å². The first-order chi connectivity index (χ1) is 13.2. The van der Waals surface area contributed by atoms with E-state index in [2.05, 4.69) is 5.32 Å². The fourth-order valence-corrected chi connectivity index (χ4v) is 4.66. The van der Waals surface area contributed by atoms with Crippen molar-refractivity contribution in [2.45, 2.75) is 29.4 Å². The molecule has 1 N–H and O–H groups in total. The highest BCUT2D eigenvalue weighted by molar-refractivity contribution is 7.99. The second-order valence-electron chi connectivity index (χ2n) is 5.59. The van der Waals surface area contributed by atoms with E-state index in [0.717, 1.165) is 0 Å². The Bertz CT molecular complexity index is 934. The number of nitrogens with zero attached hydrogens (tertiary/aromatic N) is 1. The Morgan fingerprint density at radius 1 is 1.14 bits per heavy atom. The molecule has 0 aliphatic rings. The number of benzene rings is 2. The van der Waals surface area contributed by atoms with E-state index in [9.17, 15) is 22.0 Å². The number of hydrogen-bond acceptors (Lipinski definition) is 4. The van der Waals surface area contributed by atoms with Gasteiger partial charge in [-0.1, -0.05) is 37.2 Å². The first kappa shape index (κ1) is 22.6. The summed E-state index contributed by atoms with van der Waals surface area (Å²) in [7, 11) is -3.74. The van der Waals surface area contributed by atoms with E-state index in [4.69, 9.17) is 11.6 Å². The average Bonchev–Trinajstić information content (AvgIpc) is 2.63. The van der Waals surface area contributed by atoms with E-state index in [-0.39, 0.29) is 15.5 Å². The Labute approximate surface area is 172 Å². The minimum Gasteiger partial charge on any atom is -0.322 e. The van der Waals surface area contributed by atoms with Crippen LogP contribution in [-0.2, 0) is 10.0 Å². The molecular weight excluding hydrogens is 430 g/mol. The van der Waals surface area contributed by atoms with Crippen LogP contribution in [0.1, 0.15) is 24.2 Å². The van der Waals surface area contributed by atoms with Crippen molar-refractivity contribution in [3.8, 4) is 0 Å². The van der Waals surface area contributed by atoms with Gasteiger partial charge in [-0.2, -0.15) is 13.1 Å². The number of carbonyl (C=O) groups is 1. The minimum absolute atomic E-state index is 0.000861. The van der Waals surface area contributed by atoms with E-state index in [1.54, 1.807) is 13.8 Å². The lowest BCUT2D eigenvalue weighted by molar-refractivity contribution is 0.102. The lowest BCUT2D eigenvalue weighted by Gasteiger charge is -2.19. The second kappa shape index (κ2) is 9.69. The number of carbonyl (C=O) groups excluding carboxylic acids is 1. The van der Waals surface area contributed by atoms with Crippen molar-refractivity contribution in [3.63, 3.8) is 0 Å². The van der Waals surface area contributed by atoms with Crippen LogP contribution >= 0.6 is 23.4 Å². The average molecular weight is 449 g/mol. The van der Waals surface area contributed by atoms with E-state index in [1.165, 1.54) is 46.8 Å². The molecule has 5 nitrogen and oxygen atoms in total. The topological polar surface area (TPSA) is 66.5 Å². The smallest absolute Gasteiger partial charge is 0.288 e. The van der Waals surface area contributed by atoms with Crippen LogP contribution in [0.15, 0.2) is 52.3 Å². The SMILES string of the molecule is CCN(CC)S(=O)(=O)c1ccc(Cl)c(C(=O)Nc2ccc(SC(F)F)cc2)c1. The maximum atomic E-state index is 12.7. The Balaban J connectivity index is 2.26. The van der Waals surface area contributed by atoms with Crippen molar-refractivity contribution >= 4 is 45.0 Å². The molecule has 0 spiro atoms. The van der Waals surface area contributed by atoms with Crippen molar-refractivity contribution in [3.05, 3.63) is 53.1 Å². The molecule has 0 radical (unpaired) electrons. The molecule has 0 bridgehead atoms. The maximum absolute atomic E-state index is 12.7. The Hall–Kier alpha value is -1.68. The van der Waals surface area contributed by atoms with Crippen molar-refractivity contribution in [1.29, 1.82) is 0 Å². The first-order valence-electron chi connectivity index (χ1n) is 8.35. The fraction of sp³-hybridized carbons (Fsp3) is 0.278. The largest absolute Gasteiger partial charge is 0.322 e. The number of alkyl halides is 2. The van der Waals surface area contributed by atoms with E-state index in [0.29, 0.717) is 35.4 Å². The van der Waals surface area contributed by atoms with Gasteiger partial charge in [0.15, 0.2) is 0 Å². The predicted molar refractivity (Wildman–Crippen MR) is 108 cm³/mol. The zero-order valence-electron chi connectivity index (χ0n) is 15.2. The van der Waals surface area contributed by atoms with Gasteiger partial charge in [0.1, 0.15) is 0 Å². The van der Waals surface area contributed by atoms with E-state index < -0.39 is 21.7 Å². The van der Waals surface area contributed by atoms with Crippen LogP contribution in [0.5, 0.6) is 0 Å². The van der Waals surface area contributed by atoms with Crippen LogP contribution in [0.25, 0.3) is 0 Å². The number of rotatable bonds is 8. The third-order valence-electron chi connectivity index (χ3n) is 3.86. The Morgan fingerprint density at radius 2 is 1.75 bits per heavy atom. The molecule has 2 aromatic rings. The number of anilines is 1. The van der Waals surface area contributed by atoms with Crippen molar-refractivity contribution in [2.75, 3.05) is 18.4 Å². The van der Waals surface area contributed by atoms with Gasteiger partial charge < -0.3 is 5.32 Å². The van der Waals surface area contributed by atoms with Crippen LogP contribution in [0, 0.1) is 0 Å². The predicted octanol–water partition coefficient (Wildman–Crippen LogP) is 4.94. The van der Waals surface area contributed by atoms with Crippen LogP contribution in [0.3, 0.4) is 0 Å². The van der Waals surface area contributed by atoms with E-state index in [1.807, 2.05) is 0 Å². The van der Waals surface area contributed by atoms with Crippen molar-refractivity contribution in [1.82, 2.24) is 4.31 Å². The molecule has 0 aliphatic carbocycles. The van der Waals surface area contributed by atoms with Crippen LogP contribution in [0.4, 0.5) is 14.5 Å². The van der Waals surface area contributed by atoms with Crippen LogP contribution in [0.2, 0.25) is 5.02 Å². The molecule has 28 heavy (non-hydrogen) atoms. The molecule has 152 valence electrons. The summed E-state index contributed by atoms with van der Waals surface area (Å²) >= 11 is 6.48. The molecule has 0 heterocycles. The van der Waals surface area contributed by atoms with Crippen LogP contribution < -0.4 is 5.32 Å². The molecular formula is C18H19ClF2N2O3S2. The normalized spacial score (nSPS) is 11.8. The monoisotopic (exact) mass is 448 g/mol. The maximum Gasteiger partial charge on any atom is 0.288 e. The molecule has 1 amide bonds. The van der Waals surface area contributed by atoms with Gasteiger partial charge in [0.25, 0.3) is 11.7 Å². The molecule has 0 atom stereocenters. The summed E-state index contributed by atoms with van der Waals surface area (Å²) in [6, 6.07) is 9.80. The Kier molecular flexibility index (Phi) is 7.82. The molecule has 0 unspecified atom stereocenters. The van der Waals surface area contributed by atoms with Gasteiger partial charge in [0.05, 0.1) is 15.5 Å². The number of nitrogens with one attached hydrogen (secondary N) is 1. The lowest BCUT2D eigenvalue weighted by atomic mass is 10.2. The summed E-state index contributed by atoms with van der Waals surface area (Å²) in [5.41, 5.74) is 0.373. The molecule has 2 aromatic carbocycles. The third-order valence-corrected chi connectivity index (χ3v) is 6.96. The van der Waals surface area contributed by atoms with Gasteiger partial charge in [-0.3, -0.25) is 4.79 Å². The fourth-order valence-electron chi connectivity index (χ4n) is 2.47. The molecule has 0 aromatic heterocycles. The zero-order chi connectivity index (χ0) is 20.9. The lowest BCUT2D eigenvalue weighted by Crippen LogP contribution is -2.30. The number of sulfonamides is 1. The van der Waals surface area contributed by atoms with Crippen LogP contribution in [-0.4, -0.2) is 37.5 Å². The van der Waals surface area contributed by atoms with Gasteiger partial charge in [0, 0.05) is 23.7 Å². The highest BCUT2D eigenvalue weighted by atomic mass is 35.5. The second-order valence-corrected chi connectivity index (χ2v) is 9.00. The summed E-state index contributed by atoms with van der Waals surface area (Å²) in [5.74, 6) is -3.13. The number of hydrogen-bond donors (Lipinski definition) is 1. The summed E-state index contributed by atoms with van der Waals surface area (Å²) in [4.78, 5) is 12.9. The molecule has 0 aliphatic heterocycles. The third kappa shape index (κ3) is 5.44. The highest BCUT2D eigenvalue weighted by Gasteiger charge is 2.24. The molecule has 0 saturated heterocycles. The van der Waals surface area contributed by atoms with Gasteiger partial charge >= 0.3 is 0 Å². The highest BCUT2D eigenvalue weighted by Crippen LogP contribution is 2.27. The quantitative estimate of drug-likeness (QED) is 0.581. The zero-order valence-corrected chi connectivity index (χ0v) is 17.5. The number of halogens is 3. The standard InChI is InChI=1S/C18H19ClF2N2O3S2/c1-3-23(4-2)28(25,26)14-9-10-16(19)15(11-14)17(24)22-12-5-7-13(8-6-12)27-18(20)21/h5-11,18H,3-4H2,1-2H3,(H,22,24). The molecule has 0 fully saturated rings. The van der Waals surface area contributed by atoms with Gasteiger partial charge in [-0.25, -0.2) is 8.42 Å². The molecule has 2 rings (SSSR count). The summed E-state index contributed by atoms with van der Waals surface area (Å²) in [5, 5.41) is 2.68. The molecule has 10 heteroatoms. The number of thioether (sulfide) groups is 1. The number of amides is 1. The summed E-state index contributed by atoms with van der Waals surface area (Å²) < 4.78 is 51.3. The minimum atomic E-state index is -3.74. The van der Waals surface area contributed by atoms with Gasteiger partial charge in [-0.15, -0.1) is 0 Å². The first-order valence-corrected chi connectivity index (χ1v) is 11.0. The summed E-state index contributed by atoms with van der Waals surface area (Å²) in [6.07, 6.45) is 0. The van der Waals surface area contributed by atoms with Crippen molar-refractivity contribution < 1.29 is 22.0 Å². The van der Waals surface area contributed by atoms with Crippen molar-refractivity contribution in [2.24, 2.45) is 0 Å². The summed E-state index contributed by atoms with van der Waals surface area (Å²) in [6.45, 7) is 4.04. The Morgan fingerprint density at radius 3 is 2.29 bits per heavy atom. The van der Waals surface area contributed by atoms with Gasteiger partial charge in [-0.05, 0) is 42.5 Å². The van der Waals surface area contributed by atoms with E-state index >= 15 is 0 Å². The molecule has 0 saturated carbocycles.